The Kier molecular flexibility index (Phi) is 5.88. The molecule has 0 spiro atoms. The van der Waals surface area contributed by atoms with E-state index in [0.717, 1.165) is 5.56 Å². The fourth-order valence-corrected chi connectivity index (χ4v) is 2.53. The zero-order chi connectivity index (χ0) is 20.8. The molecule has 0 aliphatic rings. The third-order valence-electron chi connectivity index (χ3n) is 3.94. The minimum atomic E-state index is -1.04. The highest BCUT2D eigenvalue weighted by Gasteiger charge is 2.21. The van der Waals surface area contributed by atoms with E-state index in [1.54, 1.807) is 24.3 Å². The normalized spacial score (nSPS) is 10.8. The summed E-state index contributed by atoms with van der Waals surface area (Å²) < 4.78 is 11.2. The predicted molar refractivity (Wildman–Crippen MR) is 106 cm³/mol. The van der Waals surface area contributed by atoms with Crippen LogP contribution in [0.3, 0.4) is 0 Å². The van der Waals surface area contributed by atoms with Crippen LogP contribution in [0.4, 0.5) is 5.69 Å². The molecule has 3 rings (SSSR count). The lowest BCUT2D eigenvalue weighted by Crippen LogP contribution is -2.14. The van der Waals surface area contributed by atoms with Crippen LogP contribution in [0, 0.1) is 10.1 Å². The Labute approximate surface area is 165 Å². The molecule has 0 radical (unpaired) electrons. The first-order valence-electron chi connectivity index (χ1n) is 8.48. The molecule has 0 saturated carbocycles. The summed E-state index contributed by atoms with van der Waals surface area (Å²) in [5.74, 6) is 0.103. The second kappa shape index (κ2) is 8.70. The van der Waals surface area contributed by atoms with E-state index in [-0.39, 0.29) is 5.82 Å². The largest absolute Gasteiger partial charge is 0.493 e. The van der Waals surface area contributed by atoms with Crippen molar-refractivity contribution in [3.63, 3.8) is 0 Å². The number of hydrogen-bond acceptors (Lipinski definition) is 7. The van der Waals surface area contributed by atoms with Crippen molar-refractivity contribution in [3.05, 3.63) is 86.0 Å². The summed E-state index contributed by atoms with van der Waals surface area (Å²) in [5.41, 5.74) is -0.311. The zero-order valence-electron chi connectivity index (χ0n) is 15.4. The number of methoxy groups -OCH3 is 1. The maximum absolute atomic E-state index is 11.7. The fraction of sp³-hybridized carbons (Fsp3) is 0.100. The van der Waals surface area contributed by atoms with Gasteiger partial charge in [0.2, 0.25) is 0 Å². The molecule has 3 aromatic rings. The number of aromatic hydroxyl groups is 1. The van der Waals surface area contributed by atoms with Gasteiger partial charge in [0.15, 0.2) is 11.5 Å². The van der Waals surface area contributed by atoms with E-state index < -0.39 is 22.0 Å². The highest BCUT2D eigenvalue weighted by molar-refractivity contribution is 5.68. The van der Waals surface area contributed by atoms with Crippen molar-refractivity contribution >= 4 is 17.8 Å². The molecule has 0 fully saturated rings. The maximum Gasteiger partial charge on any atom is 0.395 e. The van der Waals surface area contributed by atoms with Crippen molar-refractivity contribution in [3.8, 4) is 17.4 Å². The lowest BCUT2D eigenvalue weighted by atomic mass is 10.2. The van der Waals surface area contributed by atoms with E-state index in [2.05, 4.69) is 9.97 Å². The van der Waals surface area contributed by atoms with Crippen LogP contribution in [0.5, 0.6) is 17.4 Å². The molecule has 0 aliphatic heterocycles. The molecule has 9 nitrogen and oxygen atoms in total. The number of nitrogens with zero attached hydrogens (tertiary/aromatic N) is 2. The molecule has 148 valence electrons. The van der Waals surface area contributed by atoms with E-state index in [4.69, 9.17) is 9.47 Å². The van der Waals surface area contributed by atoms with Gasteiger partial charge in [-0.1, -0.05) is 42.5 Å². The van der Waals surface area contributed by atoms with Gasteiger partial charge < -0.3 is 19.6 Å². The van der Waals surface area contributed by atoms with Crippen molar-refractivity contribution < 1.29 is 19.5 Å². The second-order valence-corrected chi connectivity index (χ2v) is 5.90. The number of nitrogens with one attached hydrogen (secondary N) is 1. The van der Waals surface area contributed by atoms with E-state index in [9.17, 15) is 20.0 Å². The maximum atomic E-state index is 11.7. The summed E-state index contributed by atoms with van der Waals surface area (Å²) in [5, 5.41) is 20.3. The molecular formula is C20H17N3O6. The van der Waals surface area contributed by atoms with Crippen LogP contribution in [0.2, 0.25) is 0 Å². The summed E-state index contributed by atoms with van der Waals surface area (Å²) >= 11 is 0. The van der Waals surface area contributed by atoms with Crippen molar-refractivity contribution in [2.75, 3.05) is 7.11 Å². The third-order valence-corrected chi connectivity index (χ3v) is 3.94. The molecular weight excluding hydrogens is 378 g/mol. The van der Waals surface area contributed by atoms with Gasteiger partial charge in [0.1, 0.15) is 12.4 Å². The Hall–Kier alpha value is -4.14. The molecule has 2 aromatic carbocycles. The first-order valence-corrected chi connectivity index (χ1v) is 8.48. The van der Waals surface area contributed by atoms with Crippen molar-refractivity contribution in [2.45, 2.75) is 6.61 Å². The number of H-pyrrole nitrogens is 1. The lowest BCUT2D eigenvalue weighted by Gasteiger charge is -2.11. The average Bonchev–Trinajstić information content (AvgIpc) is 2.71. The molecule has 2 N–H and O–H groups in total. The van der Waals surface area contributed by atoms with Crippen LogP contribution in [-0.4, -0.2) is 27.1 Å². The number of benzene rings is 2. The van der Waals surface area contributed by atoms with Gasteiger partial charge in [-0.05, 0) is 29.3 Å². The molecule has 0 bridgehead atoms. The molecule has 0 amide bonds. The minimum Gasteiger partial charge on any atom is -0.493 e. The van der Waals surface area contributed by atoms with Crippen LogP contribution >= 0.6 is 0 Å². The Bertz CT molecular complexity index is 1110. The second-order valence-electron chi connectivity index (χ2n) is 5.90. The average molecular weight is 395 g/mol. The Morgan fingerprint density at radius 2 is 1.93 bits per heavy atom. The van der Waals surface area contributed by atoms with Crippen molar-refractivity contribution in [1.29, 1.82) is 0 Å². The Morgan fingerprint density at radius 3 is 2.59 bits per heavy atom. The third kappa shape index (κ3) is 4.78. The SMILES string of the molecule is COc1cc(/C=C/c2nc(O)c([N+](=O)[O-])c(=O)[nH]2)ccc1OCc1ccccc1. The predicted octanol–water partition coefficient (Wildman–Crippen LogP) is 3.14. The number of aromatic nitrogens is 2. The number of aromatic amines is 1. The lowest BCUT2D eigenvalue weighted by molar-refractivity contribution is -0.387. The van der Waals surface area contributed by atoms with Gasteiger partial charge in [-0.15, -0.1) is 0 Å². The van der Waals surface area contributed by atoms with E-state index >= 15 is 0 Å². The van der Waals surface area contributed by atoms with Crippen LogP contribution in [0.25, 0.3) is 12.2 Å². The zero-order valence-corrected chi connectivity index (χ0v) is 15.4. The van der Waals surface area contributed by atoms with Crippen LogP contribution in [0.1, 0.15) is 17.0 Å². The number of ether oxygens (including phenoxy) is 2. The number of nitro groups is 1. The monoisotopic (exact) mass is 395 g/mol. The van der Waals surface area contributed by atoms with Gasteiger partial charge in [-0.3, -0.25) is 14.9 Å². The van der Waals surface area contributed by atoms with Gasteiger partial charge in [0, 0.05) is 0 Å². The van der Waals surface area contributed by atoms with Crippen LogP contribution in [-0.2, 0) is 6.61 Å². The van der Waals surface area contributed by atoms with Gasteiger partial charge in [0.05, 0.1) is 12.0 Å². The van der Waals surface area contributed by atoms with Gasteiger partial charge in [-0.2, -0.15) is 4.98 Å². The molecule has 1 heterocycles. The van der Waals surface area contributed by atoms with E-state index in [1.807, 2.05) is 30.3 Å². The smallest absolute Gasteiger partial charge is 0.395 e. The molecule has 9 heteroatoms. The van der Waals surface area contributed by atoms with Crippen molar-refractivity contribution in [2.24, 2.45) is 0 Å². The summed E-state index contributed by atoms with van der Waals surface area (Å²) in [6.07, 6.45) is 3.01. The Balaban J connectivity index is 1.78. The van der Waals surface area contributed by atoms with Crippen molar-refractivity contribution in [1.82, 2.24) is 9.97 Å². The molecule has 29 heavy (non-hydrogen) atoms. The van der Waals surface area contributed by atoms with Crippen LogP contribution < -0.4 is 15.0 Å². The highest BCUT2D eigenvalue weighted by atomic mass is 16.6. The minimum absolute atomic E-state index is 0.0264. The number of hydrogen-bond donors (Lipinski definition) is 2. The van der Waals surface area contributed by atoms with Crippen LogP contribution in [0.15, 0.2) is 53.3 Å². The quantitative estimate of drug-likeness (QED) is 0.464. The molecule has 0 saturated heterocycles. The molecule has 1 aromatic heterocycles. The van der Waals surface area contributed by atoms with Gasteiger partial charge in [0.25, 0.3) is 5.88 Å². The topological polar surface area (TPSA) is 128 Å². The van der Waals surface area contributed by atoms with E-state index in [0.29, 0.717) is 23.7 Å². The number of rotatable bonds is 7. The summed E-state index contributed by atoms with van der Waals surface area (Å²) in [6.45, 7) is 0.389. The molecule has 0 aliphatic carbocycles. The Morgan fingerprint density at radius 1 is 1.17 bits per heavy atom. The highest BCUT2D eigenvalue weighted by Crippen LogP contribution is 2.29. The van der Waals surface area contributed by atoms with Gasteiger partial charge in [-0.25, -0.2) is 0 Å². The first-order chi connectivity index (χ1) is 14.0. The van der Waals surface area contributed by atoms with E-state index in [1.165, 1.54) is 13.2 Å². The summed E-state index contributed by atoms with van der Waals surface area (Å²) in [6, 6.07) is 14.9. The molecule has 0 atom stereocenters. The molecule has 0 unspecified atom stereocenters. The summed E-state index contributed by atoms with van der Waals surface area (Å²) in [7, 11) is 1.52. The van der Waals surface area contributed by atoms with Gasteiger partial charge >= 0.3 is 11.2 Å². The fourth-order valence-electron chi connectivity index (χ4n) is 2.53. The first kappa shape index (κ1) is 19.6. The summed E-state index contributed by atoms with van der Waals surface area (Å²) in [4.78, 5) is 27.3. The standard InChI is InChI=1S/C20H17N3O6/c1-28-16-11-13(7-9-15(16)29-12-14-5-3-2-4-6-14)8-10-17-21-19(24)18(23(26)27)20(25)22-17/h2-11H,12H2,1H3,(H2,21,22,24,25)/b10-8+.